The van der Waals surface area contributed by atoms with E-state index in [1.165, 1.54) is 16.2 Å². The molecule has 0 amide bonds. The molecule has 0 saturated carbocycles. The Labute approximate surface area is 117 Å². The number of ether oxygens (including phenoxy) is 1. The first-order valence-electron chi connectivity index (χ1n) is 6.77. The molecule has 0 unspecified atom stereocenters. The number of hydrogen-bond acceptors (Lipinski definition) is 1. The second kappa shape index (κ2) is 4.53. The summed E-state index contributed by atoms with van der Waals surface area (Å²) in [5.74, 6) is 0.891. The third-order valence-corrected chi connectivity index (χ3v) is 3.61. The normalized spacial score (nSPS) is 14.3. The highest BCUT2D eigenvalue weighted by atomic mass is 16.5. The minimum absolute atomic E-state index is 0.891. The van der Waals surface area contributed by atoms with E-state index in [4.69, 9.17) is 4.74 Å². The lowest BCUT2D eigenvalue weighted by Crippen LogP contribution is -1.91. The summed E-state index contributed by atoms with van der Waals surface area (Å²) < 4.78 is 5.55. The monoisotopic (exact) mass is 257 g/mol. The average Bonchev–Trinajstić information content (AvgIpc) is 2.53. The summed E-state index contributed by atoms with van der Waals surface area (Å²) in [5.41, 5.74) is 1.01. The predicted molar refractivity (Wildman–Crippen MR) is 83.1 cm³/mol. The molecule has 20 heavy (non-hydrogen) atoms. The van der Waals surface area contributed by atoms with Crippen LogP contribution in [0.5, 0.6) is 0 Å². The van der Waals surface area contributed by atoms with Crippen LogP contribution in [0, 0.1) is 6.07 Å². The molecule has 1 aliphatic rings. The van der Waals surface area contributed by atoms with Crippen LogP contribution in [-0.2, 0) is 4.74 Å². The summed E-state index contributed by atoms with van der Waals surface area (Å²) in [6, 6.07) is 20.5. The molecule has 1 radical (unpaired) electrons. The van der Waals surface area contributed by atoms with Crippen LogP contribution in [0.15, 0.2) is 66.9 Å². The predicted octanol–water partition coefficient (Wildman–Crippen LogP) is 5.07. The topological polar surface area (TPSA) is 9.23 Å². The van der Waals surface area contributed by atoms with Crippen molar-refractivity contribution >= 4 is 27.3 Å². The molecule has 0 spiro atoms. The van der Waals surface area contributed by atoms with Gasteiger partial charge in [-0.1, -0.05) is 30.3 Å². The molecule has 1 aliphatic heterocycles. The standard InChI is InChI=1S/C19H13O/c1-2-6-15-12-18-13-17(19-7-3-4-10-20-19)9-8-16(18)11-14(15)5-1/h1-2,4-12H,3H2. The van der Waals surface area contributed by atoms with Gasteiger partial charge in [0.1, 0.15) is 5.76 Å². The second-order valence-electron chi connectivity index (χ2n) is 4.95. The molecule has 1 heteroatoms. The molecular weight excluding hydrogens is 244 g/mol. The maximum Gasteiger partial charge on any atom is 0.130 e. The first-order chi connectivity index (χ1) is 9.90. The van der Waals surface area contributed by atoms with Gasteiger partial charge in [0.15, 0.2) is 0 Å². The Hall–Kier alpha value is -2.54. The molecule has 1 nitrogen and oxygen atoms in total. The largest absolute Gasteiger partial charge is 0.465 e. The highest BCUT2D eigenvalue weighted by molar-refractivity contribution is 5.98. The molecule has 0 aliphatic carbocycles. The van der Waals surface area contributed by atoms with E-state index in [1.807, 2.05) is 6.08 Å². The fraction of sp³-hybridized carbons (Fsp3) is 0.0526. The van der Waals surface area contributed by atoms with E-state index in [2.05, 4.69) is 60.7 Å². The summed E-state index contributed by atoms with van der Waals surface area (Å²) in [6.07, 6.45) is 6.74. The number of hydrogen-bond donors (Lipinski definition) is 0. The van der Waals surface area contributed by atoms with Crippen molar-refractivity contribution in [1.29, 1.82) is 0 Å². The molecule has 0 fully saturated rings. The smallest absolute Gasteiger partial charge is 0.130 e. The molecule has 0 bridgehead atoms. The summed E-state index contributed by atoms with van der Waals surface area (Å²) in [4.78, 5) is 0. The van der Waals surface area contributed by atoms with Crippen LogP contribution >= 0.6 is 0 Å². The van der Waals surface area contributed by atoms with Gasteiger partial charge in [0, 0.05) is 11.6 Å². The molecule has 3 aromatic carbocycles. The van der Waals surface area contributed by atoms with E-state index >= 15 is 0 Å². The van der Waals surface area contributed by atoms with Crippen LogP contribution < -0.4 is 0 Å². The Morgan fingerprint density at radius 1 is 0.900 bits per heavy atom. The lowest BCUT2D eigenvalue weighted by atomic mass is 10.0. The quantitative estimate of drug-likeness (QED) is 0.553. The molecule has 0 N–H and O–H groups in total. The van der Waals surface area contributed by atoms with Gasteiger partial charge in [-0.05, 0) is 58.3 Å². The van der Waals surface area contributed by atoms with Crippen molar-refractivity contribution in [3.8, 4) is 0 Å². The van der Waals surface area contributed by atoms with Crippen molar-refractivity contribution in [1.82, 2.24) is 0 Å². The average molecular weight is 257 g/mol. The summed E-state index contributed by atoms with van der Waals surface area (Å²) in [6.45, 7) is 0. The Kier molecular flexibility index (Phi) is 2.56. The van der Waals surface area contributed by atoms with Gasteiger partial charge in [0.2, 0.25) is 0 Å². The second-order valence-corrected chi connectivity index (χ2v) is 4.95. The minimum Gasteiger partial charge on any atom is -0.465 e. The van der Waals surface area contributed by atoms with Gasteiger partial charge < -0.3 is 4.74 Å². The number of allylic oxidation sites excluding steroid dienone is 2. The van der Waals surface area contributed by atoms with Crippen molar-refractivity contribution in [2.24, 2.45) is 0 Å². The fourth-order valence-corrected chi connectivity index (χ4v) is 2.58. The Bertz CT molecular complexity index is 856. The Morgan fingerprint density at radius 3 is 2.55 bits per heavy atom. The molecule has 0 saturated heterocycles. The fourth-order valence-electron chi connectivity index (χ4n) is 2.58. The van der Waals surface area contributed by atoms with Crippen molar-refractivity contribution in [3.63, 3.8) is 0 Å². The Balaban J connectivity index is 1.90. The van der Waals surface area contributed by atoms with Crippen LogP contribution in [0.4, 0.5) is 0 Å². The number of rotatable bonds is 1. The van der Waals surface area contributed by atoms with Crippen LogP contribution in [0.1, 0.15) is 12.0 Å². The van der Waals surface area contributed by atoms with Crippen molar-refractivity contribution in [2.45, 2.75) is 6.42 Å². The van der Waals surface area contributed by atoms with Gasteiger partial charge in [0.05, 0.1) is 6.26 Å². The zero-order valence-corrected chi connectivity index (χ0v) is 11.0. The van der Waals surface area contributed by atoms with Gasteiger partial charge in [0.25, 0.3) is 0 Å². The van der Waals surface area contributed by atoms with E-state index in [1.54, 1.807) is 6.26 Å². The zero-order valence-electron chi connectivity index (χ0n) is 11.0. The third kappa shape index (κ3) is 1.88. The van der Waals surface area contributed by atoms with Gasteiger partial charge in [-0.15, -0.1) is 0 Å². The van der Waals surface area contributed by atoms with Gasteiger partial charge in [-0.3, -0.25) is 0 Å². The molecule has 0 aromatic heterocycles. The van der Waals surface area contributed by atoms with Crippen LogP contribution in [-0.4, -0.2) is 0 Å². The van der Waals surface area contributed by atoms with E-state index in [0.717, 1.165) is 23.1 Å². The van der Waals surface area contributed by atoms with E-state index < -0.39 is 0 Å². The molecule has 0 atom stereocenters. The van der Waals surface area contributed by atoms with Crippen LogP contribution in [0.2, 0.25) is 0 Å². The van der Waals surface area contributed by atoms with Crippen molar-refractivity contribution in [2.75, 3.05) is 0 Å². The van der Waals surface area contributed by atoms with Gasteiger partial charge in [-0.25, -0.2) is 0 Å². The highest BCUT2D eigenvalue weighted by Gasteiger charge is 2.06. The molecule has 95 valence electrons. The lowest BCUT2D eigenvalue weighted by molar-refractivity contribution is 0.427. The third-order valence-electron chi connectivity index (χ3n) is 3.61. The number of benzene rings is 3. The van der Waals surface area contributed by atoms with E-state index in [0.29, 0.717) is 0 Å². The summed E-state index contributed by atoms with van der Waals surface area (Å²) in [5, 5.41) is 4.84. The maximum absolute atomic E-state index is 5.55. The highest BCUT2D eigenvalue weighted by Crippen LogP contribution is 2.27. The van der Waals surface area contributed by atoms with E-state index in [-0.39, 0.29) is 0 Å². The SMILES string of the molecule is [c]1c(C2=CCC=CO2)ccc2cc3ccccc3cc12. The first kappa shape index (κ1) is 11.3. The molecule has 3 aromatic rings. The molecule has 1 heterocycles. The van der Waals surface area contributed by atoms with Gasteiger partial charge >= 0.3 is 0 Å². The summed E-state index contributed by atoms with van der Waals surface area (Å²) >= 11 is 0. The van der Waals surface area contributed by atoms with Gasteiger partial charge in [-0.2, -0.15) is 0 Å². The van der Waals surface area contributed by atoms with E-state index in [9.17, 15) is 0 Å². The minimum atomic E-state index is 0.891. The zero-order chi connectivity index (χ0) is 13.4. The van der Waals surface area contributed by atoms with Crippen molar-refractivity contribution < 1.29 is 4.74 Å². The first-order valence-corrected chi connectivity index (χ1v) is 6.77. The van der Waals surface area contributed by atoms with Crippen LogP contribution in [0.3, 0.4) is 0 Å². The lowest BCUT2D eigenvalue weighted by Gasteiger charge is -2.10. The molecular formula is C19H13O. The Morgan fingerprint density at radius 2 is 1.75 bits per heavy atom. The number of fused-ring (bicyclic) bond motifs is 2. The summed E-state index contributed by atoms with van der Waals surface area (Å²) in [7, 11) is 0. The molecule has 4 rings (SSSR count). The maximum atomic E-state index is 5.55. The van der Waals surface area contributed by atoms with Crippen molar-refractivity contribution in [3.05, 3.63) is 78.6 Å². The van der Waals surface area contributed by atoms with Crippen LogP contribution in [0.25, 0.3) is 27.3 Å².